The number of hydrogen-bond acceptors (Lipinski definition) is 4. The minimum absolute atomic E-state index is 0.169. The first-order chi connectivity index (χ1) is 10.5. The van der Waals surface area contributed by atoms with Gasteiger partial charge in [-0.25, -0.2) is 4.79 Å². The number of methoxy groups -OCH3 is 1. The first-order valence-corrected chi connectivity index (χ1v) is 7.76. The van der Waals surface area contributed by atoms with Crippen LogP contribution < -0.4 is 5.32 Å². The molecule has 0 aromatic carbocycles. The summed E-state index contributed by atoms with van der Waals surface area (Å²) in [6.45, 7) is 2.77. The minimum atomic E-state index is -0.317. The molecule has 1 heterocycles. The van der Waals surface area contributed by atoms with Gasteiger partial charge in [0, 0.05) is 26.6 Å². The maximum atomic E-state index is 12.3. The monoisotopic (exact) mass is 310 g/mol. The SMILES string of the molecule is COCC(NC(=O)N(C)CC1CCCC1O)c1ccc(C)o1. The Balaban J connectivity index is 1.92. The summed E-state index contributed by atoms with van der Waals surface area (Å²) in [6, 6.07) is 3.21. The molecule has 6 heteroatoms. The van der Waals surface area contributed by atoms with E-state index in [2.05, 4.69) is 5.32 Å². The number of hydrogen-bond donors (Lipinski definition) is 2. The van der Waals surface area contributed by atoms with Crippen LogP contribution in [-0.2, 0) is 4.74 Å². The number of carbonyl (C=O) groups is 1. The molecular weight excluding hydrogens is 284 g/mol. The van der Waals surface area contributed by atoms with Crippen LogP contribution in [0.25, 0.3) is 0 Å². The predicted octanol–water partition coefficient (Wildman–Crippen LogP) is 2.08. The second-order valence-electron chi connectivity index (χ2n) is 6.04. The average molecular weight is 310 g/mol. The Morgan fingerprint density at radius 1 is 1.55 bits per heavy atom. The molecular formula is C16H26N2O4. The van der Waals surface area contributed by atoms with Crippen LogP contribution in [0.5, 0.6) is 0 Å². The van der Waals surface area contributed by atoms with Gasteiger partial charge in [0.25, 0.3) is 0 Å². The van der Waals surface area contributed by atoms with Gasteiger partial charge in [0.2, 0.25) is 0 Å². The van der Waals surface area contributed by atoms with Crippen molar-refractivity contribution in [1.82, 2.24) is 10.2 Å². The van der Waals surface area contributed by atoms with Crippen molar-refractivity contribution in [1.29, 1.82) is 0 Å². The number of furan rings is 1. The Kier molecular flexibility index (Phi) is 5.85. The van der Waals surface area contributed by atoms with E-state index in [4.69, 9.17) is 9.15 Å². The molecule has 0 radical (unpaired) electrons. The molecule has 0 saturated heterocycles. The highest BCUT2D eigenvalue weighted by Crippen LogP contribution is 2.26. The summed E-state index contributed by atoms with van der Waals surface area (Å²) in [6.07, 6.45) is 2.53. The third-order valence-electron chi connectivity index (χ3n) is 4.21. The maximum absolute atomic E-state index is 12.3. The molecule has 0 aliphatic heterocycles. The third-order valence-corrected chi connectivity index (χ3v) is 4.21. The van der Waals surface area contributed by atoms with Gasteiger partial charge in [-0.05, 0) is 31.9 Å². The summed E-state index contributed by atoms with van der Waals surface area (Å²) >= 11 is 0. The first-order valence-electron chi connectivity index (χ1n) is 7.76. The lowest BCUT2D eigenvalue weighted by molar-refractivity contribution is 0.110. The molecule has 1 aromatic heterocycles. The summed E-state index contributed by atoms with van der Waals surface area (Å²) in [4.78, 5) is 14.0. The van der Waals surface area contributed by atoms with Crippen LogP contribution in [-0.4, -0.2) is 49.5 Å². The van der Waals surface area contributed by atoms with Gasteiger partial charge in [0.1, 0.15) is 17.6 Å². The van der Waals surface area contributed by atoms with E-state index in [9.17, 15) is 9.90 Å². The smallest absolute Gasteiger partial charge is 0.317 e. The number of nitrogens with one attached hydrogen (secondary N) is 1. The van der Waals surface area contributed by atoms with Crippen LogP contribution in [0.2, 0.25) is 0 Å². The lowest BCUT2D eigenvalue weighted by atomic mass is 10.1. The van der Waals surface area contributed by atoms with Gasteiger partial charge in [-0.1, -0.05) is 6.42 Å². The molecule has 3 unspecified atom stereocenters. The number of nitrogens with zero attached hydrogens (tertiary/aromatic N) is 1. The predicted molar refractivity (Wildman–Crippen MR) is 82.6 cm³/mol. The summed E-state index contributed by atoms with van der Waals surface area (Å²) in [7, 11) is 3.34. The van der Waals surface area contributed by atoms with Crippen molar-refractivity contribution in [2.45, 2.75) is 38.3 Å². The third kappa shape index (κ3) is 4.24. The molecule has 1 fully saturated rings. The van der Waals surface area contributed by atoms with Gasteiger partial charge in [-0.3, -0.25) is 0 Å². The van der Waals surface area contributed by atoms with Crippen molar-refractivity contribution >= 4 is 6.03 Å². The van der Waals surface area contributed by atoms with Crippen molar-refractivity contribution in [2.75, 3.05) is 27.3 Å². The lowest BCUT2D eigenvalue weighted by Gasteiger charge is -2.25. The molecule has 1 aromatic rings. The summed E-state index contributed by atoms with van der Waals surface area (Å²) in [5.41, 5.74) is 0. The van der Waals surface area contributed by atoms with Crippen LogP contribution in [0.4, 0.5) is 4.79 Å². The molecule has 1 aliphatic rings. The molecule has 2 rings (SSSR count). The molecule has 1 aliphatic carbocycles. The van der Waals surface area contributed by atoms with Crippen LogP contribution in [0.3, 0.4) is 0 Å². The molecule has 3 atom stereocenters. The van der Waals surface area contributed by atoms with E-state index in [1.807, 2.05) is 19.1 Å². The van der Waals surface area contributed by atoms with E-state index in [0.29, 0.717) is 18.9 Å². The number of urea groups is 1. The largest absolute Gasteiger partial charge is 0.464 e. The van der Waals surface area contributed by atoms with Crippen LogP contribution in [0.1, 0.15) is 36.8 Å². The normalized spacial score (nSPS) is 22.5. The molecule has 22 heavy (non-hydrogen) atoms. The topological polar surface area (TPSA) is 74.9 Å². The molecule has 2 amide bonds. The minimum Gasteiger partial charge on any atom is -0.464 e. The second kappa shape index (κ2) is 7.65. The molecule has 124 valence electrons. The zero-order valence-corrected chi connectivity index (χ0v) is 13.5. The zero-order valence-electron chi connectivity index (χ0n) is 13.5. The van der Waals surface area contributed by atoms with Gasteiger partial charge in [-0.15, -0.1) is 0 Å². The molecule has 0 spiro atoms. The number of rotatable bonds is 6. The van der Waals surface area contributed by atoms with Crippen molar-refractivity contribution in [3.8, 4) is 0 Å². The zero-order chi connectivity index (χ0) is 16.1. The van der Waals surface area contributed by atoms with Crippen molar-refractivity contribution in [2.24, 2.45) is 5.92 Å². The first kappa shape index (κ1) is 16.8. The Morgan fingerprint density at radius 3 is 2.86 bits per heavy atom. The van der Waals surface area contributed by atoms with E-state index >= 15 is 0 Å². The average Bonchev–Trinajstić information content (AvgIpc) is 3.07. The second-order valence-corrected chi connectivity index (χ2v) is 6.04. The summed E-state index contributed by atoms with van der Waals surface area (Å²) in [5.74, 6) is 1.65. The standard InChI is InChI=1S/C16H26N2O4/c1-11-7-8-15(22-11)13(10-21-3)17-16(20)18(2)9-12-5-4-6-14(12)19/h7-8,12-14,19H,4-6,9-10H2,1-3H3,(H,17,20). The van der Waals surface area contributed by atoms with E-state index in [1.54, 1.807) is 19.1 Å². The molecule has 6 nitrogen and oxygen atoms in total. The maximum Gasteiger partial charge on any atom is 0.317 e. The lowest BCUT2D eigenvalue weighted by Crippen LogP contribution is -2.43. The Morgan fingerprint density at radius 2 is 2.32 bits per heavy atom. The number of ether oxygens (including phenoxy) is 1. The Bertz CT molecular complexity index is 488. The summed E-state index contributed by atoms with van der Waals surface area (Å²) < 4.78 is 10.7. The number of amides is 2. The highest BCUT2D eigenvalue weighted by atomic mass is 16.5. The van der Waals surface area contributed by atoms with Crippen LogP contribution in [0.15, 0.2) is 16.5 Å². The highest BCUT2D eigenvalue weighted by molar-refractivity contribution is 5.74. The van der Waals surface area contributed by atoms with Gasteiger partial charge in [-0.2, -0.15) is 0 Å². The van der Waals surface area contributed by atoms with E-state index in [1.165, 1.54) is 0 Å². The number of carbonyl (C=O) groups excluding carboxylic acids is 1. The number of aliphatic hydroxyl groups is 1. The number of aryl methyl sites for hydroxylation is 1. The van der Waals surface area contributed by atoms with Gasteiger partial charge < -0.3 is 24.5 Å². The van der Waals surface area contributed by atoms with Crippen LogP contribution in [0, 0.1) is 12.8 Å². The van der Waals surface area contributed by atoms with Crippen molar-refractivity contribution in [3.05, 3.63) is 23.7 Å². The molecule has 0 bridgehead atoms. The summed E-state index contributed by atoms with van der Waals surface area (Å²) in [5, 5.41) is 12.8. The van der Waals surface area contributed by atoms with E-state index < -0.39 is 0 Å². The van der Waals surface area contributed by atoms with Gasteiger partial charge in [0.05, 0.1) is 12.7 Å². The van der Waals surface area contributed by atoms with E-state index in [0.717, 1.165) is 25.0 Å². The van der Waals surface area contributed by atoms with Crippen molar-refractivity contribution in [3.63, 3.8) is 0 Å². The van der Waals surface area contributed by atoms with Gasteiger partial charge in [0.15, 0.2) is 0 Å². The number of aliphatic hydroxyl groups excluding tert-OH is 1. The Labute approximate surface area is 131 Å². The Hall–Kier alpha value is -1.53. The molecule has 1 saturated carbocycles. The fraction of sp³-hybridized carbons (Fsp3) is 0.688. The van der Waals surface area contributed by atoms with E-state index in [-0.39, 0.29) is 24.1 Å². The molecule has 2 N–H and O–H groups in total. The van der Waals surface area contributed by atoms with Crippen molar-refractivity contribution < 1.29 is 19.1 Å². The quantitative estimate of drug-likeness (QED) is 0.843. The highest BCUT2D eigenvalue weighted by Gasteiger charge is 2.28. The van der Waals surface area contributed by atoms with Gasteiger partial charge >= 0.3 is 6.03 Å². The van der Waals surface area contributed by atoms with Crippen LogP contribution >= 0.6 is 0 Å². The fourth-order valence-electron chi connectivity index (χ4n) is 2.93. The fourth-order valence-corrected chi connectivity index (χ4v) is 2.93.